The number of hydrogen-bond acceptors (Lipinski definition) is 4. The number of rotatable bonds is 3. The van der Waals surface area contributed by atoms with Gasteiger partial charge in [-0.05, 0) is 60.4 Å². The third kappa shape index (κ3) is 3.58. The van der Waals surface area contributed by atoms with Crippen LogP contribution >= 0.6 is 15.9 Å². The van der Waals surface area contributed by atoms with Crippen molar-refractivity contribution in [3.8, 4) is 0 Å². The van der Waals surface area contributed by atoms with Gasteiger partial charge in [0.05, 0.1) is 24.9 Å². The average Bonchev–Trinajstić information content (AvgIpc) is 2.86. The van der Waals surface area contributed by atoms with Gasteiger partial charge in [0.15, 0.2) is 0 Å². The third-order valence-corrected chi connectivity index (χ3v) is 5.76. The maximum atomic E-state index is 12.8. The van der Waals surface area contributed by atoms with Crippen molar-refractivity contribution in [2.24, 2.45) is 0 Å². The van der Waals surface area contributed by atoms with E-state index in [-0.39, 0.29) is 18.0 Å². The summed E-state index contributed by atoms with van der Waals surface area (Å²) in [4.78, 5) is 15.6. The number of ether oxygens (including phenoxy) is 1. The molecule has 0 aromatic heterocycles. The molecule has 2 aliphatic heterocycles. The molecule has 3 rings (SSSR count). The fourth-order valence-electron chi connectivity index (χ4n) is 4.26. The van der Waals surface area contributed by atoms with Gasteiger partial charge in [-0.1, -0.05) is 0 Å². The van der Waals surface area contributed by atoms with E-state index in [2.05, 4.69) is 20.8 Å². The standard InChI is InChI=1S/C18H22BrF3N2O2/c1-10(2)24-15-8-23(9-18(20,21)22)5-4-12(15)13-6-11(17(25)26-3)7-14(19)16(13)24/h6-7,10,12,15H,4-5,8-9H2,1-3H3. The van der Waals surface area contributed by atoms with Gasteiger partial charge in [0, 0.05) is 29.0 Å². The molecule has 0 radical (unpaired) electrons. The van der Waals surface area contributed by atoms with Crippen LogP contribution in [0, 0.1) is 0 Å². The van der Waals surface area contributed by atoms with Gasteiger partial charge in [0.2, 0.25) is 0 Å². The molecule has 4 nitrogen and oxygen atoms in total. The monoisotopic (exact) mass is 434 g/mol. The van der Waals surface area contributed by atoms with Crippen LogP contribution in [0.25, 0.3) is 0 Å². The molecule has 0 saturated carbocycles. The lowest BCUT2D eigenvalue weighted by atomic mass is 9.87. The molecule has 1 saturated heterocycles. The van der Waals surface area contributed by atoms with E-state index in [4.69, 9.17) is 4.74 Å². The first-order valence-electron chi connectivity index (χ1n) is 8.61. The second kappa shape index (κ2) is 7.03. The van der Waals surface area contributed by atoms with Crippen LogP contribution in [-0.4, -0.2) is 55.9 Å². The van der Waals surface area contributed by atoms with Crippen molar-refractivity contribution in [3.63, 3.8) is 0 Å². The molecule has 1 aromatic rings. The zero-order chi connectivity index (χ0) is 19.2. The number of halogens is 4. The molecule has 1 fully saturated rings. The van der Waals surface area contributed by atoms with E-state index in [1.54, 1.807) is 6.07 Å². The van der Waals surface area contributed by atoms with Crippen LogP contribution in [-0.2, 0) is 4.74 Å². The first-order valence-corrected chi connectivity index (χ1v) is 9.41. The van der Waals surface area contributed by atoms with E-state index in [0.29, 0.717) is 25.1 Å². The Hall–Kier alpha value is -1.28. The Morgan fingerprint density at radius 1 is 1.38 bits per heavy atom. The minimum Gasteiger partial charge on any atom is -0.465 e. The van der Waals surface area contributed by atoms with Gasteiger partial charge in [-0.3, -0.25) is 4.90 Å². The Labute approximate surface area is 159 Å². The lowest BCUT2D eigenvalue weighted by Gasteiger charge is -2.41. The molecule has 2 atom stereocenters. The predicted octanol–water partition coefficient (Wildman–Crippen LogP) is 4.18. The highest BCUT2D eigenvalue weighted by molar-refractivity contribution is 9.10. The van der Waals surface area contributed by atoms with Crippen molar-refractivity contribution < 1.29 is 22.7 Å². The van der Waals surface area contributed by atoms with E-state index in [9.17, 15) is 18.0 Å². The van der Waals surface area contributed by atoms with Crippen LogP contribution in [0.15, 0.2) is 16.6 Å². The van der Waals surface area contributed by atoms with E-state index in [0.717, 1.165) is 15.7 Å². The fraction of sp³-hybridized carbons (Fsp3) is 0.611. The van der Waals surface area contributed by atoms with Gasteiger partial charge in [-0.25, -0.2) is 4.79 Å². The normalized spacial score (nSPS) is 23.2. The molecule has 2 unspecified atom stereocenters. The number of fused-ring (bicyclic) bond motifs is 3. The summed E-state index contributed by atoms with van der Waals surface area (Å²) < 4.78 is 44.1. The number of carbonyl (C=O) groups is 1. The SMILES string of the molecule is COC(=O)c1cc(Br)c2c(c1)C1CCN(CC(F)(F)F)CC1N2C(C)C. The van der Waals surface area contributed by atoms with Crippen molar-refractivity contribution in [1.82, 2.24) is 4.90 Å². The van der Waals surface area contributed by atoms with Gasteiger partial charge < -0.3 is 9.64 Å². The number of anilines is 1. The van der Waals surface area contributed by atoms with Gasteiger partial charge in [-0.15, -0.1) is 0 Å². The van der Waals surface area contributed by atoms with Crippen molar-refractivity contribution >= 4 is 27.6 Å². The van der Waals surface area contributed by atoms with Crippen LogP contribution in [0.3, 0.4) is 0 Å². The number of methoxy groups -OCH3 is 1. The maximum Gasteiger partial charge on any atom is 0.401 e. The van der Waals surface area contributed by atoms with E-state index >= 15 is 0 Å². The van der Waals surface area contributed by atoms with Gasteiger partial charge >= 0.3 is 12.1 Å². The molecule has 0 bridgehead atoms. The molecule has 1 aromatic carbocycles. The molecule has 8 heteroatoms. The Balaban J connectivity index is 1.97. The van der Waals surface area contributed by atoms with E-state index in [1.807, 2.05) is 19.9 Å². The zero-order valence-electron chi connectivity index (χ0n) is 14.9. The first kappa shape index (κ1) is 19.5. The van der Waals surface area contributed by atoms with Crippen LogP contribution in [0.5, 0.6) is 0 Å². The predicted molar refractivity (Wildman–Crippen MR) is 96.7 cm³/mol. The summed E-state index contributed by atoms with van der Waals surface area (Å²) >= 11 is 3.56. The summed E-state index contributed by atoms with van der Waals surface area (Å²) in [5.74, 6) is -0.305. The van der Waals surface area contributed by atoms with Gasteiger partial charge in [0.25, 0.3) is 0 Å². The molecule has 0 spiro atoms. The number of likely N-dealkylation sites (tertiary alicyclic amines) is 1. The number of nitrogens with zero attached hydrogens (tertiary/aromatic N) is 2. The second-order valence-corrected chi connectivity index (χ2v) is 8.06. The lowest BCUT2D eigenvalue weighted by Crippen LogP contribution is -2.52. The molecule has 2 heterocycles. The van der Waals surface area contributed by atoms with E-state index < -0.39 is 18.7 Å². The summed E-state index contributed by atoms with van der Waals surface area (Å²) in [5.41, 5.74) is 2.46. The van der Waals surface area contributed by atoms with Crippen LogP contribution < -0.4 is 4.90 Å². The molecular weight excluding hydrogens is 413 g/mol. The van der Waals surface area contributed by atoms with Crippen LogP contribution in [0.2, 0.25) is 0 Å². The average molecular weight is 435 g/mol. The first-order chi connectivity index (χ1) is 12.1. The smallest absolute Gasteiger partial charge is 0.401 e. The van der Waals surface area contributed by atoms with Crippen LogP contribution in [0.4, 0.5) is 18.9 Å². The maximum absolute atomic E-state index is 12.8. The highest BCUT2D eigenvalue weighted by Gasteiger charge is 2.45. The fourth-order valence-corrected chi connectivity index (χ4v) is 4.94. The number of piperidine rings is 1. The topological polar surface area (TPSA) is 32.8 Å². The third-order valence-electron chi connectivity index (χ3n) is 5.15. The Morgan fingerprint density at radius 3 is 2.65 bits per heavy atom. The van der Waals surface area contributed by atoms with E-state index in [1.165, 1.54) is 12.0 Å². The quantitative estimate of drug-likeness (QED) is 0.667. The second-order valence-electron chi connectivity index (χ2n) is 7.20. The number of esters is 1. The summed E-state index contributed by atoms with van der Waals surface area (Å²) in [6.07, 6.45) is -3.56. The number of hydrogen-bond donors (Lipinski definition) is 0. The molecule has 0 N–H and O–H groups in total. The minimum atomic E-state index is -4.19. The molecule has 0 amide bonds. The Morgan fingerprint density at radius 2 is 2.08 bits per heavy atom. The summed E-state index contributed by atoms with van der Waals surface area (Å²) in [7, 11) is 1.34. The highest BCUT2D eigenvalue weighted by Crippen LogP contribution is 2.50. The summed E-state index contributed by atoms with van der Waals surface area (Å²) in [5, 5.41) is 0. The van der Waals surface area contributed by atoms with Gasteiger partial charge in [0.1, 0.15) is 0 Å². The zero-order valence-corrected chi connectivity index (χ0v) is 16.5. The molecule has 26 heavy (non-hydrogen) atoms. The molecular formula is C18H22BrF3N2O2. The molecule has 144 valence electrons. The minimum absolute atomic E-state index is 0.0368. The van der Waals surface area contributed by atoms with Crippen molar-refractivity contribution in [2.45, 2.75) is 44.4 Å². The molecule has 0 aliphatic carbocycles. The summed E-state index contributed by atoms with van der Waals surface area (Å²) in [6.45, 7) is 3.95. The van der Waals surface area contributed by atoms with Gasteiger partial charge in [-0.2, -0.15) is 13.2 Å². The van der Waals surface area contributed by atoms with Crippen LogP contribution in [0.1, 0.15) is 42.1 Å². The summed E-state index contributed by atoms with van der Waals surface area (Å²) in [6, 6.07) is 3.66. The van der Waals surface area contributed by atoms with Crippen molar-refractivity contribution in [2.75, 3.05) is 31.6 Å². The number of alkyl halides is 3. The number of carbonyl (C=O) groups excluding carboxylic acids is 1. The Kier molecular flexibility index (Phi) is 5.27. The molecule has 2 aliphatic rings. The van der Waals surface area contributed by atoms with Crippen molar-refractivity contribution in [1.29, 1.82) is 0 Å². The number of benzene rings is 1. The highest BCUT2D eigenvalue weighted by atomic mass is 79.9. The largest absolute Gasteiger partial charge is 0.465 e. The van der Waals surface area contributed by atoms with Crippen molar-refractivity contribution in [3.05, 3.63) is 27.7 Å². The lowest BCUT2D eigenvalue weighted by molar-refractivity contribution is -0.148. The Bertz CT molecular complexity index is 708.